The Labute approximate surface area is 176 Å². The van der Waals surface area contributed by atoms with Crippen LogP contribution in [0.2, 0.25) is 0 Å². The fourth-order valence-electron chi connectivity index (χ4n) is 4.77. The van der Waals surface area contributed by atoms with E-state index in [1.54, 1.807) is 18.0 Å². The van der Waals surface area contributed by atoms with Crippen LogP contribution in [0.1, 0.15) is 30.7 Å². The van der Waals surface area contributed by atoms with Crippen LogP contribution in [-0.2, 0) is 7.05 Å². The van der Waals surface area contributed by atoms with Gasteiger partial charge in [0, 0.05) is 37.3 Å². The van der Waals surface area contributed by atoms with Crippen molar-refractivity contribution in [2.24, 2.45) is 12.5 Å². The molecule has 29 heavy (non-hydrogen) atoms. The molecule has 2 aliphatic rings. The standard InChI is InChI=1S/C23H27N5S/c1-27-21(19-9-5-11-24-16-19)25-26-22(27)29-14-6-12-28-13-10-23(17-28)15-20(23)18-7-3-2-4-8-18/h2-5,7-9,11,16,20H,6,10,12-15,17H2,1H3/t20?,23-/m0/s1. The molecule has 0 amide bonds. The van der Waals surface area contributed by atoms with Gasteiger partial charge in [0.2, 0.25) is 0 Å². The van der Waals surface area contributed by atoms with Crippen LogP contribution in [0.5, 0.6) is 0 Å². The van der Waals surface area contributed by atoms with Crippen LogP contribution in [0.4, 0.5) is 0 Å². The van der Waals surface area contributed by atoms with E-state index in [0.717, 1.165) is 28.2 Å². The largest absolute Gasteiger partial charge is 0.305 e. The van der Waals surface area contributed by atoms with Crippen molar-refractivity contribution in [3.63, 3.8) is 0 Å². The summed E-state index contributed by atoms with van der Waals surface area (Å²) < 4.78 is 2.07. The van der Waals surface area contributed by atoms with E-state index in [-0.39, 0.29) is 0 Å². The number of aromatic nitrogens is 4. The van der Waals surface area contributed by atoms with E-state index in [4.69, 9.17) is 0 Å². The number of likely N-dealkylation sites (tertiary alicyclic amines) is 1. The minimum atomic E-state index is 0.566. The minimum absolute atomic E-state index is 0.566. The maximum absolute atomic E-state index is 4.37. The highest BCUT2D eigenvalue weighted by molar-refractivity contribution is 7.99. The molecule has 1 unspecified atom stereocenters. The number of rotatable bonds is 7. The molecular weight excluding hydrogens is 378 g/mol. The summed E-state index contributed by atoms with van der Waals surface area (Å²) in [5, 5.41) is 9.70. The van der Waals surface area contributed by atoms with Gasteiger partial charge >= 0.3 is 0 Å². The first-order valence-electron chi connectivity index (χ1n) is 10.5. The van der Waals surface area contributed by atoms with Gasteiger partial charge in [-0.2, -0.15) is 0 Å². The van der Waals surface area contributed by atoms with Gasteiger partial charge in [-0.05, 0) is 61.4 Å². The Kier molecular flexibility index (Phi) is 5.14. The molecule has 5 rings (SSSR count). The lowest BCUT2D eigenvalue weighted by Crippen LogP contribution is -2.23. The van der Waals surface area contributed by atoms with Crippen LogP contribution in [-0.4, -0.2) is 50.0 Å². The monoisotopic (exact) mass is 405 g/mol. The molecule has 2 fully saturated rings. The molecule has 1 saturated carbocycles. The van der Waals surface area contributed by atoms with E-state index in [2.05, 4.69) is 55.0 Å². The molecule has 1 saturated heterocycles. The van der Waals surface area contributed by atoms with Gasteiger partial charge in [0.05, 0.1) is 0 Å². The zero-order valence-corrected chi connectivity index (χ0v) is 17.7. The highest BCUT2D eigenvalue weighted by Gasteiger charge is 2.57. The number of hydrogen-bond acceptors (Lipinski definition) is 5. The molecule has 1 aliphatic carbocycles. The maximum Gasteiger partial charge on any atom is 0.191 e. The Balaban J connectivity index is 1.09. The molecule has 2 atom stereocenters. The van der Waals surface area contributed by atoms with Crippen molar-refractivity contribution in [2.75, 3.05) is 25.4 Å². The van der Waals surface area contributed by atoms with Crippen molar-refractivity contribution in [3.05, 3.63) is 60.4 Å². The van der Waals surface area contributed by atoms with Crippen molar-refractivity contribution in [1.82, 2.24) is 24.6 Å². The first-order valence-corrected chi connectivity index (χ1v) is 11.4. The van der Waals surface area contributed by atoms with Crippen LogP contribution in [0.25, 0.3) is 11.4 Å². The lowest BCUT2D eigenvalue weighted by molar-refractivity contribution is 0.319. The lowest BCUT2D eigenvalue weighted by Gasteiger charge is -2.16. The molecular formula is C23H27N5S. The third kappa shape index (κ3) is 3.83. The molecule has 150 valence electrons. The molecule has 3 heterocycles. The van der Waals surface area contributed by atoms with E-state index in [9.17, 15) is 0 Å². The van der Waals surface area contributed by atoms with Gasteiger partial charge in [-0.25, -0.2) is 0 Å². The summed E-state index contributed by atoms with van der Waals surface area (Å²) in [5.41, 5.74) is 3.11. The van der Waals surface area contributed by atoms with Crippen LogP contribution in [0.15, 0.2) is 60.0 Å². The third-order valence-electron chi connectivity index (χ3n) is 6.46. The van der Waals surface area contributed by atoms with Crippen molar-refractivity contribution in [1.29, 1.82) is 0 Å². The highest BCUT2D eigenvalue weighted by Crippen LogP contribution is 2.63. The smallest absolute Gasteiger partial charge is 0.191 e. The fraction of sp³-hybridized carbons (Fsp3) is 0.435. The van der Waals surface area contributed by atoms with Gasteiger partial charge in [-0.3, -0.25) is 4.98 Å². The summed E-state index contributed by atoms with van der Waals surface area (Å²) >= 11 is 1.80. The molecule has 1 aliphatic heterocycles. The number of thioether (sulfide) groups is 1. The average Bonchev–Trinajstić information content (AvgIpc) is 3.11. The van der Waals surface area contributed by atoms with Crippen LogP contribution in [0, 0.1) is 5.41 Å². The van der Waals surface area contributed by atoms with E-state index < -0.39 is 0 Å². The molecule has 1 spiro atoms. The molecule has 1 aromatic carbocycles. The van der Waals surface area contributed by atoms with Crippen LogP contribution < -0.4 is 0 Å². The van der Waals surface area contributed by atoms with Gasteiger partial charge in [-0.1, -0.05) is 42.1 Å². The molecule has 0 radical (unpaired) electrons. The van der Waals surface area contributed by atoms with E-state index in [1.807, 2.05) is 25.4 Å². The van der Waals surface area contributed by atoms with Gasteiger partial charge in [0.1, 0.15) is 0 Å². The fourth-order valence-corrected chi connectivity index (χ4v) is 5.60. The highest BCUT2D eigenvalue weighted by atomic mass is 32.2. The maximum atomic E-state index is 4.37. The molecule has 3 aromatic rings. The number of pyridine rings is 1. The lowest BCUT2D eigenvalue weighted by atomic mass is 9.98. The predicted octanol–water partition coefficient (Wildman–Crippen LogP) is 4.24. The van der Waals surface area contributed by atoms with E-state index in [0.29, 0.717) is 5.41 Å². The zero-order valence-electron chi connectivity index (χ0n) is 16.9. The predicted molar refractivity (Wildman–Crippen MR) is 117 cm³/mol. The normalized spacial score (nSPS) is 23.7. The number of hydrogen-bond donors (Lipinski definition) is 0. The van der Waals surface area contributed by atoms with Gasteiger partial charge in [0.25, 0.3) is 0 Å². The summed E-state index contributed by atoms with van der Waals surface area (Å²) in [7, 11) is 2.03. The Morgan fingerprint density at radius 3 is 2.86 bits per heavy atom. The Bertz CT molecular complexity index is 958. The Morgan fingerprint density at radius 2 is 2.03 bits per heavy atom. The number of benzene rings is 1. The molecule has 5 nitrogen and oxygen atoms in total. The topological polar surface area (TPSA) is 46.8 Å². The second-order valence-corrected chi connectivity index (χ2v) is 9.43. The van der Waals surface area contributed by atoms with E-state index in [1.165, 1.54) is 44.5 Å². The summed E-state index contributed by atoms with van der Waals surface area (Å²) in [6.07, 6.45) is 7.53. The third-order valence-corrected chi connectivity index (χ3v) is 7.57. The molecule has 0 bridgehead atoms. The van der Waals surface area contributed by atoms with Crippen molar-refractivity contribution < 1.29 is 0 Å². The molecule has 2 aromatic heterocycles. The molecule has 0 N–H and O–H groups in total. The molecule has 6 heteroatoms. The first kappa shape index (κ1) is 18.8. The van der Waals surface area contributed by atoms with Gasteiger partial charge in [0.15, 0.2) is 11.0 Å². The second-order valence-electron chi connectivity index (χ2n) is 8.36. The Morgan fingerprint density at radius 1 is 1.14 bits per heavy atom. The van der Waals surface area contributed by atoms with Gasteiger partial charge < -0.3 is 9.47 Å². The first-order chi connectivity index (χ1) is 14.3. The van der Waals surface area contributed by atoms with Crippen LogP contribution >= 0.6 is 11.8 Å². The van der Waals surface area contributed by atoms with Gasteiger partial charge in [-0.15, -0.1) is 10.2 Å². The number of nitrogens with zero attached hydrogens (tertiary/aromatic N) is 5. The van der Waals surface area contributed by atoms with Crippen LogP contribution in [0.3, 0.4) is 0 Å². The minimum Gasteiger partial charge on any atom is -0.305 e. The van der Waals surface area contributed by atoms with Crippen molar-refractivity contribution in [2.45, 2.75) is 30.3 Å². The summed E-state index contributed by atoms with van der Waals surface area (Å²) in [4.78, 5) is 6.85. The summed E-state index contributed by atoms with van der Waals surface area (Å²) in [5.74, 6) is 2.74. The SMILES string of the molecule is Cn1c(SCCCN2CC[C@]3(CC3c3ccccc3)C2)nnc1-c1cccnc1. The summed E-state index contributed by atoms with van der Waals surface area (Å²) in [6.45, 7) is 3.71. The summed E-state index contributed by atoms with van der Waals surface area (Å²) in [6, 6.07) is 15.0. The average molecular weight is 406 g/mol. The van der Waals surface area contributed by atoms with Crippen molar-refractivity contribution in [3.8, 4) is 11.4 Å². The zero-order chi connectivity index (χ0) is 19.7. The van der Waals surface area contributed by atoms with E-state index >= 15 is 0 Å². The quantitative estimate of drug-likeness (QED) is 0.435. The Hall–Kier alpha value is -2.18. The second kappa shape index (κ2) is 7.92. The van der Waals surface area contributed by atoms with Crippen molar-refractivity contribution >= 4 is 11.8 Å².